The van der Waals surface area contributed by atoms with Gasteiger partial charge in [0.05, 0.1) is 6.61 Å². The fourth-order valence-corrected chi connectivity index (χ4v) is 0.348. The number of nitrogens with one attached hydrogen (secondary N) is 1. The van der Waals surface area contributed by atoms with E-state index in [4.69, 9.17) is 0 Å². The van der Waals surface area contributed by atoms with Gasteiger partial charge in [-0.2, -0.15) is 0 Å². The summed E-state index contributed by atoms with van der Waals surface area (Å²) in [5.41, 5.74) is 0. The summed E-state index contributed by atoms with van der Waals surface area (Å²) in [6.07, 6.45) is 1.23. The van der Waals surface area contributed by atoms with Gasteiger partial charge >= 0.3 is 0 Å². The topological polar surface area (TPSA) is 38.3 Å². The standard InChI is InChI=1S/C6H11NO2/c1-3-6(8)7-4-5-9-2/h3H,1,4-5H2,2H3,(H,7,8). The quantitative estimate of drug-likeness (QED) is 0.426. The Bertz CT molecular complexity index is 101. The Morgan fingerprint density at radius 3 is 3.00 bits per heavy atom. The summed E-state index contributed by atoms with van der Waals surface area (Å²) >= 11 is 0. The molecule has 0 aromatic heterocycles. The zero-order valence-electron chi connectivity index (χ0n) is 5.52. The van der Waals surface area contributed by atoms with Crippen LogP contribution in [-0.2, 0) is 9.53 Å². The second-order valence-corrected chi connectivity index (χ2v) is 1.49. The lowest BCUT2D eigenvalue weighted by atomic mass is 10.5. The van der Waals surface area contributed by atoms with E-state index in [2.05, 4.69) is 16.6 Å². The van der Waals surface area contributed by atoms with E-state index in [1.807, 2.05) is 0 Å². The van der Waals surface area contributed by atoms with Gasteiger partial charge in [-0.1, -0.05) is 6.58 Å². The Morgan fingerprint density at radius 2 is 2.56 bits per heavy atom. The molecule has 0 unspecified atom stereocenters. The first kappa shape index (κ1) is 8.17. The molecule has 1 amide bonds. The van der Waals surface area contributed by atoms with Crippen molar-refractivity contribution in [3.63, 3.8) is 0 Å². The summed E-state index contributed by atoms with van der Waals surface area (Å²) in [5, 5.41) is 2.55. The smallest absolute Gasteiger partial charge is 0.243 e. The van der Waals surface area contributed by atoms with E-state index in [0.29, 0.717) is 13.2 Å². The van der Waals surface area contributed by atoms with Crippen LogP contribution in [0.3, 0.4) is 0 Å². The summed E-state index contributed by atoms with van der Waals surface area (Å²) in [4.78, 5) is 10.4. The molecule has 0 aliphatic heterocycles. The molecule has 1 N–H and O–H groups in total. The van der Waals surface area contributed by atoms with Crippen molar-refractivity contribution < 1.29 is 9.53 Å². The third-order valence-corrected chi connectivity index (χ3v) is 0.791. The number of carbonyl (C=O) groups is 1. The van der Waals surface area contributed by atoms with Crippen LogP contribution in [0.5, 0.6) is 0 Å². The van der Waals surface area contributed by atoms with Crippen LogP contribution in [0.2, 0.25) is 0 Å². The van der Waals surface area contributed by atoms with Crippen LogP contribution in [0.4, 0.5) is 0 Å². The lowest BCUT2D eigenvalue weighted by molar-refractivity contribution is -0.116. The van der Waals surface area contributed by atoms with Gasteiger partial charge < -0.3 is 10.1 Å². The van der Waals surface area contributed by atoms with Gasteiger partial charge in [0.25, 0.3) is 0 Å². The molecular formula is C6H11NO2. The maximum atomic E-state index is 10.4. The molecule has 52 valence electrons. The minimum Gasteiger partial charge on any atom is -0.383 e. The summed E-state index contributed by atoms with van der Waals surface area (Å²) in [5.74, 6) is -0.160. The van der Waals surface area contributed by atoms with Crippen molar-refractivity contribution in [3.05, 3.63) is 12.7 Å². The van der Waals surface area contributed by atoms with E-state index in [-0.39, 0.29) is 5.91 Å². The van der Waals surface area contributed by atoms with Gasteiger partial charge in [-0.15, -0.1) is 0 Å². The lowest BCUT2D eigenvalue weighted by Gasteiger charge is -1.98. The first-order valence-electron chi connectivity index (χ1n) is 2.70. The van der Waals surface area contributed by atoms with Gasteiger partial charge in [-0.25, -0.2) is 0 Å². The number of amides is 1. The van der Waals surface area contributed by atoms with Gasteiger partial charge in [0.15, 0.2) is 0 Å². The van der Waals surface area contributed by atoms with Crippen LogP contribution >= 0.6 is 0 Å². The SMILES string of the molecule is C=CC(=O)NCCOC. The van der Waals surface area contributed by atoms with E-state index in [1.165, 1.54) is 6.08 Å². The van der Waals surface area contributed by atoms with Crippen molar-refractivity contribution in [3.8, 4) is 0 Å². The number of hydrogen-bond acceptors (Lipinski definition) is 2. The van der Waals surface area contributed by atoms with Crippen molar-refractivity contribution in [2.45, 2.75) is 0 Å². The zero-order valence-corrected chi connectivity index (χ0v) is 5.52. The number of ether oxygens (including phenoxy) is 1. The molecule has 0 atom stereocenters. The number of hydrogen-bond donors (Lipinski definition) is 1. The van der Waals surface area contributed by atoms with Gasteiger partial charge in [0.2, 0.25) is 5.91 Å². The highest BCUT2D eigenvalue weighted by molar-refractivity contribution is 5.86. The Labute approximate surface area is 54.7 Å². The maximum Gasteiger partial charge on any atom is 0.243 e. The highest BCUT2D eigenvalue weighted by Crippen LogP contribution is 1.66. The summed E-state index contributed by atoms with van der Waals surface area (Å²) in [6, 6.07) is 0. The molecule has 0 heterocycles. The molecule has 0 rings (SSSR count). The van der Waals surface area contributed by atoms with Crippen molar-refractivity contribution in [2.24, 2.45) is 0 Å². The predicted molar refractivity (Wildman–Crippen MR) is 35.1 cm³/mol. The third kappa shape index (κ3) is 5.03. The predicted octanol–water partition coefficient (Wildman–Crippen LogP) is -0.0650. The molecule has 0 saturated heterocycles. The van der Waals surface area contributed by atoms with Crippen molar-refractivity contribution in [1.82, 2.24) is 5.32 Å². The molecule has 3 heteroatoms. The molecule has 0 aliphatic carbocycles. The van der Waals surface area contributed by atoms with Gasteiger partial charge in [-0.05, 0) is 6.08 Å². The van der Waals surface area contributed by atoms with E-state index in [9.17, 15) is 4.79 Å². The fourth-order valence-electron chi connectivity index (χ4n) is 0.348. The number of methoxy groups -OCH3 is 1. The van der Waals surface area contributed by atoms with Crippen LogP contribution in [0.1, 0.15) is 0 Å². The molecule has 0 bridgehead atoms. The third-order valence-electron chi connectivity index (χ3n) is 0.791. The normalized spacial score (nSPS) is 8.56. The molecule has 0 fully saturated rings. The molecular weight excluding hydrogens is 118 g/mol. The highest BCUT2D eigenvalue weighted by Gasteiger charge is 1.89. The van der Waals surface area contributed by atoms with Crippen LogP contribution in [-0.4, -0.2) is 26.2 Å². The Kier molecular flexibility index (Phi) is 4.82. The molecule has 3 nitrogen and oxygen atoms in total. The van der Waals surface area contributed by atoms with Crippen molar-refractivity contribution in [2.75, 3.05) is 20.3 Å². The maximum absolute atomic E-state index is 10.4. The van der Waals surface area contributed by atoms with E-state index in [1.54, 1.807) is 7.11 Å². The molecule has 0 spiro atoms. The molecule has 0 radical (unpaired) electrons. The largest absolute Gasteiger partial charge is 0.383 e. The lowest BCUT2D eigenvalue weighted by Crippen LogP contribution is -2.24. The Balaban J connectivity index is 3.07. The molecule has 0 saturated carbocycles. The first-order chi connectivity index (χ1) is 4.31. The second-order valence-electron chi connectivity index (χ2n) is 1.49. The van der Waals surface area contributed by atoms with Gasteiger partial charge in [-0.3, -0.25) is 4.79 Å². The van der Waals surface area contributed by atoms with Gasteiger partial charge in [0.1, 0.15) is 0 Å². The summed E-state index contributed by atoms with van der Waals surface area (Å²) < 4.78 is 4.69. The van der Waals surface area contributed by atoms with E-state index >= 15 is 0 Å². The van der Waals surface area contributed by atoms with E-state index in [0.717, 1.165) is 0 Å². The molecule has 9 heavy (non-hydrogen) atoms. The molecule has 0 aromatic rings. The average molecular weight is 129 g/mol. The second kappa shape index (κ2) is 5.31. The highest BCUT2D eigenvalue weighted by atomic mass is 16.5. The zero-order chi connectivity index (χ0) is 7.11. The Hall–Kier alpha value is -0.830. The number of carbonyl (C=O) groups excluding carboxylic acids is 1. The number of rotatable bonds is 4. The minimum atomic E-state index is -0.160. The Morgan fingerprint density at radius 1 is 1.89 bits per heavy atom. The summed E-state index contributed by atoms with van der Waals surface area (Å²) in [7, 11) is 1.58. The van der Waals surface area contributed by atoms with E-state index < -0.39 is 0 Å². The molecule has 0 aliphatic rings. The van der Waals surface area contributed by atoms with Crippen molar-refractivity contribution in [1.29, 1.82) is 0 Å². The van der Waals surface area contributed by atoms with Crippen LogP contribution in [0, 0.1) is 0 Å². The minimum absolute atomic E-state index is 0.160. The monoisotopic (exact) mass is 129 g/mol. The van der Waals surface area contributed by atoms with Crippen LogP contribution in [0.25, 0.3) is 0 Å². The first-order valence-corrected chi connectivity index (χ1v) is 2.70. The van der Waals surface area contributed by atoms with Crippen LogP contribution in [0.15, 0.2) is 12.7 Å². The van der Waals surface area contributed by atoms with Gasteiger partial charge in [0, 0.05) is 13.7 Å². The summed E-state index contributed by atoms with van der Waals surface area (Å²) in [6.45, 7) is 4.37. The van der Waals surface area contributed by atoms with Crippen molar-refractivity contribution >= 4 is 5.91 Å². The average Bonchev–Trinajstić information content (AvgIpc) is 1.89. The molecule has 0 aromatic carbocycles. The van der Waals surface area contributed by atoms with Crippen LogP contribution < -0.4 is 5.32 Å². The fraction of sp³-hybridized carbons (Fsp3) is 0.500.